The van der Waals surface area contributed by atoms with Crippen LogP contribution in [-0.2, 0) is 29.2 Å². The Labute approximate surface area is 253 Å². The molecule has 2 heterocycles. The minimum atomic E-state index is -1.05. The molecule has 1 aromatic carbocycles. The number of ether oxygens (including phenoxy) is 1. The van der Waals surface area contributed by atoms with E-state index in [0.29, 0.717) is 38.0 Å². The Bertz CT molecular complexity index is 1300. The zero-order chi connectivity index (χ0) is 30.5. The van der Waals surface area contributed by atoms with Gasteiger partial charge in [-0.25, -0.2) is 9.59 Å². The minimum absolute atomic E-state index is 0.182. The second-order valence-corrected chi connectivity index (χ2v) is 12.7. The number of alkyl carbamates (subject to hydrolysis) is 1. The van der Waals surface area contributed by atoms with E-state index in [2.05, 4.69) is 15.3 Å². The van der Waals surface area contributed by atoms with Gasteiger partial charge in [0.15, 0.2) is 10.8 Å². The standard InChI is InChI=1S/C29H36N6O5S2/c1-29(2,3)40-27(37)31-25(26(36)35(19-23-8-6-16-41-23)20-24-9-7-17-42-24)10-4-5-15-34(28(38)39)18-21-11-13-22(14-12-21)32-33-30/h6-9,11-14,16-17,25,30H,4-5,10,15,18-20H2,1-3H3,(H-,31,37,38,39)/p+1/t25-/m0/s1. The van der Waals surface area contributed by atoms with E-state index in [1.807, 2.05) is 35.0 Å². The largest absolute Gasteiger partial charge is 0.465 e. The van der Waals surface area contributed by atoms with Crippen LogP contribution in [0.4, 0.5) is 15.3 Å². The molecule has 11 nitrogen and oxygen atoms in total. The highest BCUT2D eigenvalue weighted by Crippen LogP contribution is 2.20. The quantitative estimate of drug-likeness (QED) is 0.104. The fraction of sp³-hybridized carbons (Fsp3) is 0.414. The number of hydrogen-bond acceptors (Lipinski definition) is 8. The molecule has 0 aliphatic heterocycles. The number of carbonyl (C=O) groups excluding carboxylic acids is 2. The Morgan fingerprint density at radius 1 is 0.976 bits per heavy atom. The molecule has 0 fully saturated rings. The molecule has 1 atom stereocenters. The number of carbonyl (C=O) groups is 3. The van der Waals surface area contributed by atoms with Crippen molar-refractivity contribution in [1.29, 1.82) is 5.53 Å². The van der Waals surface area contributed by atoms with Gasteiger partial charge in [-0.2, -0.15) is 0 Å². The third kappa shape index (κ3) is 11.1. The lowest BCUT2D eigenvalue weighted by atomic mass is 10.1. The molecule has 0 radical (unpaired) electrons. The molecular weight excluding hydrogens is 576 g/mol. The first-order valence-electron chi connectivity index (χ1n) is 13.5. The molecule has 0 bridgehead atoms. The van der Waals surface area contributed by atoms with Crippen LogP contribution in [0, 0.1) is 5.53 Å². The molecule has 3 N–H and O–H groups in total. The molecule has 3 rings (SSSR count). The van der Waals surface area contributed by atoms with Crippen LogP contribution >= 0.6 is 22.7 Å². The SMILES string of the molecule is CC(C)(C)OC(=O)N[C@@H](CCCCN(Cc1ccc(N=[N+]=N)cc1)C(=O)O)C(=O)N(Cc1cccs1)Cc1cccs1. The molecule has 0 saturated heterocycles. The number of hydrogen-bond donors (Lipinski definition) is 3. The number of carboxylic acid groups (broad SMARTS) is 1. The lowest BCUT2D eigenvalue weighted by Crippen LogP contribution is -2.49. The Hall–Kier alpha value is -4.06. The van der Waals surface area contributed by atoms with E-state index >= 15 is 0 Å². The molecule has 0 aliphatic carbocycles. The molecule has 3 aromatic rings. The molecule has 0 saturated carbocycles. The van der Waals surface area contributed by atoms with Crippen LogP contribution in [0.5, 0.6) is 0 Å². The maximum absolute atomic E-state index is 13.9. The van der Waals surface area contributed by atoms with Crippen molar-refractivity contribution in [2.45, 2.75) is 71.3 Å². The molecule has 2 aromatic heterocycles. The maximum atomic E-state index is 13.9. The predicted octanol–water partition coefficient (Wildman–Crippen LogP) is 6.76. The summed E-state index contributed by atoms with van der Waals surface area (Å²) >= 11 is 3.13. The van der Waals surface area contributed by atoms with Gasteiger partial charge in [-0.3, -0.25) is 4.79 Å². The zero-order valence-corrected chi connectivity index (χ0v) is 25.6. The fourth-order valence-corrected chi connectivity index (χ4v) is 5.60. The van der Waals surface area contributed by atoms with E-state index in [1.165, 1.54) is 4.90 Å². The van der Waals surface area contributed by atoms with Gasteiger partial charge in [-0.15, -0.1) is 22.7 Å². The number of rotatable bonds is 14. The second kappa shape index (κ2) is 15.8. The van der Waals surface area contributed by atoms with E-state index in [1.54, 1.807) is 72.6 Å². The van der Waals surface area contributed by atoms with Crippen LogP contribution in [0.25, 0.3) is 0 Å². The zero-order valence-electron chi connectivity index (χ0n) is 24.0. The molecule has 0 unspecified atom stereocenters. The van der Waals surface area contributed by atoms with E-state index in [4.69, 9.17) is 10.3 Å². The van der Waals surface area contributed by atoms with Gasteiger partial charge in [-0.05, 0) is 80.6 Å². The van der Waals surface area contributed by atoms with Gasteiger partial charge in [0.05, 0.1) is 13.1 Å². The van der Waals surface area contributed by atoms with Crippen molar-refractivity contribution in [2.24, 2.45) is 5.11 Å². The number of nitrogens with zero attached hydrogens (tertiary/aromatic N) is 4. The number of unbranched alkanes of at least 4 members (excludes halogenated alkanes) is 1. The van der Waals surface area contributed by atoms with Crippen molar-refractivity contribution in [3.63, 3.8) is 0 Å². The predicted molar refractivity (Wildman–Crippen MR) is 162 cm³/mol. The van der Waals surface area contributed by atoms with Crippen molar-refractivity contribution in [2.75, 3.05) is 6.54 Å². The normalized spacial score (nSPS) is 11.7. The van der Waals surface area contributed by atoms with Crippen LogP contribution in [0.3, 0.4) is 0 Å². The molecule has 0 aliphatic rings. The fourth-order valence-electron chi connectivity index (χ4n) is 4.16. The van der Waals surface area contributed by atoms with E-state index in [0.717, 1.165) is 15.3 Å². The molecule has 42 heavy (non-hydrogen) atoms. The smallest absolute Gasteiger partial charge is 0.408 e. The van der Waals surface area contributed by atoms with Crippen LogP contribution < -0.4 is 10.2 Å². The summed E-state index contributed by atoms with van der Waals surface area (Å²) in [7, 11) is 0. The molecule has 13 heteroatoms. The first kappa shape index (κ1) is 32.5. The summed E-state index contributed by atoms with van der Waals surface area (Å²) in [5.41, 5.74) is 7.38. The lowest BCUT2D eigenvalue weighted by molar-refractivity contribution is -0.135. The first-order chi connectivity index (χ1) is 20.0. The third-order valence-corrected chi connectivity index (χ3v) is 7.79. The lowest BCUT2D eigenvalue weighted by Gasteiger charge is -2.29. The molecule has 0 spiro atoms. The number of benzene rings is 1. The van der Waals surface area contributed by atoms with Crippen molar-refractivity contribution in [1.82, 2.24) is 20.0 Å². The Morgan fingerprint density at radius 3 is 2.10 bits per heavy atom. The highest BCUT2D eigenvalue weighted by molar-refractivity contribution is 7.10. The highest BCUT2D eigenvalue weighted by atomic mass is 32.1. The third-order valence-electron chi connectivity index (χ3n) is 6.07. The maximum Gasteiger partial charge on any atom is 0.408 e. The van der Waals surface area contributed by atoms with Crippen LogP contribution in [0.2, 0.25) is 0 Å². The number of amides is 3. The average Bonchev–Trinajstić information content (AvgIpc) is 3.63. The van der Waals surface area contributed by atoms with Gasteiger partial charge in [-0.1, -0.05) is 24.3 Å². The van der Waals surface area contributed by atoms with Crippen LogP contribution in [-0.4, -0.2) is 51.2 Å². The minimum Gasteiger partial charge on any atom is -0.465 e. The Kier molecular flexibility index (Phi) is 12.2. The monoisotopic (exact) mass is 613 g/mol. The van der Waals surface area contributed by atoms with Crippen LogP contribution in [0.15, 0.2) is 64.4 Å². The topological polar surface area (TPSA) is 149 Å². The summed E-state index contributed by atoms with van der Waals surface area (Å²) in [5.74, 6) is -0.220. The summed E-state index contributed by atoms with van der Waals surface area (Å²) in [6.07, 6.45) is -0.405. The highest BCUT2D eigenvalue weighted by Gasteiger charge is 2.29. The average molecular weight is 614 g/mol. The molecular formula is C29H37N6O5S2+. The molecule has 224 valence electrons. The summed E-state index contributed by atoms with van der Waals surface area (Å²) < 4.78 is 5.45. The van der Waals surface area contributed by atoms with Crippen LogP contribution in [0.1, 0.15) is 55.4 Å². The van der Waals surface area contributed by atoms with Crippen molar-refractivity contribution in [3.05, 3.63) is 74.6 Å². The van der Waals surface area contributed by atoms with Crippen molar-refractivity contribution in [3.8, 4) is 0 Å². The van der Waals surface area contributed by atoms with E-state index in [-0.39, 0.29) is 19.0 Å². The first-order valence-corrected chi connectivity index (χ1v) is 15.3. The van der Waals surface area contributed by atoms with Gasteiger partial charge in [0.2, 0.25) is 10.8 Å². The van der Waals surface area contributed by atoms with Gasteiger partial charge in [0.25, 0.3) is 0 Å². The number of nitrogens with one attached hydrogen (secondary N) is 2. The van der Waals surface area contributed by atoms with Gasteiger partial charge < -0.3 is 25.0 Å². The molecule has 3 amide bonds. The summed E-state index contributed by atoms with van der Waals surface area (Å²) in [6, 6.07) is 13.8. The van der Waals surface area contributed by atoms with Crippen molar-refractivity contribution < 1.29 is 24.2 Å². The van der Waals surface area contributed by atoms with Gasteiger partial charge in [0.1, 0.15) is 17.2 Å². The van der Waals surface area contributed by atoms with E-state index in [9.17, 15) is 19.5 Å². The summed E-state index contributed by atoms with van der Waals surface area (Å²) in [5, 5.41) is 20.1. The summed E-state index contributed by atoms with van der Waals surface area (Å²) in [4.78, 5) is 46.6. The van der Waals surface area contributed by atoms with Crippen molar-refractivity contribution >= 4 is 46.5 Å². The summed E-state index contributed by atoms with van der Waals surface area (Å²) in [6.45, 7) is 6.54. The van der Waals surface area contributed by atoms with Gasteiger partial charge >= 0.3 is 12.2 Å². The van der Waals surface area contributed by atoms with Gasteiger partial charge in [0, 0.05) is 22.8 Å². The number of thiophene rings is 2. The Balaban J connectivity index is 1.68. The second-order valence-electron chi connectivity index (χ2n) is 10.6. The Morgan fingerprint density at radius 2 is 1.60 bits per heavy atom. The van der Waals surface area contributed by atoms with E-state index < -0.39 is 23.8 Å².